The van der Waals surface area contributed by atoms with Crippen LogP contribution < -0.4 is 20.9 Å². The Labute approximate surface area is 166 Å². The van der Waals surface area contributed by atoms with E-state index in [1.54, 1.807) is 12.3 Å². The average molecular weight is 396 g/mol. The van der Waals surface area contributed by atoms with Gasteiger partial charge in [0.05, 0.1) is 11.9 Å². The molecule has 2 heterocycles. The standard InChI is InChI=1S/C20H20N4O5/c1-13(25)21-8-9-22-20(28)29-18-17(26)15-7-10-24(19(27)16(15)11-23-18)12-14-5-3-2-4-6-14/h2-7,10-11,26H,8-9,12H2,1H3,(H,21,25)(H,22,28). The molecule has 29 heavy (non-hydrogen) atoms. The van der Waals surface area contributed by atoms with E-state index in [4.69, 9.17) is 4.74 Å². The Morgan fingerprint density at radius 2 is 1.83 bits per heavy atom. The molecule has 1 aromatic carbocycles. The van der Waals surface area contributed by atoms with Gasteiger partial charge in [0.1, 0.15) is 0 Å². The van der Waals surface area contributed by atoms with Crippen molar-refractivity contribution in [3.05, 3.63) is 64.7 Å². The van der Waals surface area contributed by atoms with E-state index >= 15 is 0 Å². The number of nitrogens with zero attached hydrogens (tertiary/aromatic N) is 2. The largest absolute Gasteiger partial charge is 0.503 e. The first-order valence-corrected chi connectivity index (χ1v) is 8.91. The van der Waals surface area contributed by atoms with Crippen LogP contribution in [-0.2, 0) is 11.3 Å². The first kappa shape index (κ1) is 19.9. The molecule has 0 aliphatic carbocycles. The third-order valence-corrected chi connectivity index (χ3v) is 4.12. The number of carbonyl (C=O) groups excluding carboxylic acids is 2. The number of hydrogen-bond donors (Lipinski definition) is 3. The SMILES string of the molecule is CC(=O)NCCNC(=O)Oc1ncc2c(=O)n(Cc3ccccc3)ccc2c1O. The molecule has 0 fully saturated rings. The van der Waals surface area contributed by atoms with E-state index in [1.807, 2.05) is 30.3 Å². The summed E-state index contributed by atoms with van der Waals surface area (Å²) in [4.78, 5) is 39.2. The zero-order chi connectivity index (χ0) is 20.8. The number of aromatic hydroxyl groups is 1. The second kappa shape index (κ2) is 8.87. The number of rotatable bonds is 6. The van der Waals surface area contributed by atoms with Crippen LogP contribution in [0, 0.1) is 0 Å². The first-order chi connectivity index (χ1) is 14.0. The van der Waals surface area contributed by atoms with Crippen molar-refractivity contribution in [2.75, 3.05) is 13.1 Å². The van der Waals surface area contributed by atoms with Gasteiger partial charge in [0.15, 0.2) is 5.75 Å². The van der Waals surface area contributed by atoms with Gasteiger partial charge in [-0.1, -0.05) is 30.3 Å². The number of nitrogens with one attached hydrogen (secondary N) is 2. The molecular formula is C20H20N4O5. The molecule has 2 amide bonds. The summed E-state index contributed by atoms with van der Waals surface area (Å²) in [6, 6.07) is 11.1. The summed E-state index contributed by atoms with van der Waals surface area (Å²) in [5.41, 5.74) is 0.641. The summed E-state index contributed by atoms with van der Waals surface area (Å²) in [6.45, 7) is 2.13. The topological polar surface area (TPSA) is 123 Å². The predicted molar refractivity (Wildman–Crippen MR) is 106 cm³/mol. The molecule has 9 nitrogen and oxygen atoms in total. The van der Waals surface area contributed by atoms with E-state index in [1.165, 1.54) is 17.7 Å². The van der Waals surface area contributed by atoms with E-state index in [9.17, 15) is 19.5 Å². The smallest absolute Gasteiger partial charge is 0.414 e. The highest BCUT2D eigenvalue weighted by Crippen LogP contribution is 2.30. The molecule has 3 N–H and O–H groups in total. The predicted octanol–water partition coefficient (Wildman–Crippen LogP) is 1.37. The van der Waals surface area contributed by atoms with Crippen molar-refractivity contribution in [1.29, 1.82) is 0 Å². The van der Waals surface area contributed by atoms with Gasteiger partial charge in [0.2, 0.25) is 5.91 Å². The number of amides is 2. The molecule has 0 aliphatic rings. The third kappa shape index (κ3) is 4.89. The fourth-order valence-electron chi connectivity index (χ4n) is 2.73. The molecule has 0 saturated heterocycles. The molecule has 0 saturated carbocycles. The maximum Gasteiger partial charge on any atom is 0.414 e. The van der Waals surface area contributed by atoms with E-state index < -0.39 is 11.8 Å². The summed E-state index contributed by atoms with van der Waals surface area (Å²) in [5.74, 6) is -0.926. The molecule has 0 radical (unpaired) electrons. The van der Waals surface area contributed by atoms with Gasteiger partial charge >= 0.3 is 6.09 Å². The van der Waals surface area contributed by atoms with Gasteiger partial charge in [0, 0.05) is 37.8 Å². The average Bonchev–Trinajstić information content (AvgIpc) is 2.70. The quantitative estimate of drug-likeness (QED) is 0.541. The van der Waals surface area contributed by atoms with Gasteiger partial charge in [-0.15, -0.1) is 0 Å². The maximum atomic E-state index is 12.7. The molecule has 3 aromatic rings. The molecule has 2 aromatic heterocycles. The molecule has 0 aliphatic heterocycles. The molecule has 150 valence electrons. The maximum absolute atomic E-state index is 12.7. The van der Waals surface area contributed by atoms with Crippen molar-refractivity contribution in [3.63, 3.8) is 0 Å². The zero-order valence-electron chi connectivity index (χ0n) is 15.7. The lowest BCUT2D eigenvalue weighted by atomic mass is 10.2. The molecular weight excluding hydrogens is 376 g/mol. The Hall–Kier alpha value is -3.88. The van der Waals surface area contributed by atoms with Crippen LogP contribution in [0.5, 0.6) is 11.6 Å². The van der Waals surface area contributed by atoms with Crippen molar-refractivity contribution in [2.45, 2.75) is 13.5 Å². The van der Waals surface area contributed by atoms with Gasteiger partial charge in [-0.25, -0.2) is 9.78 Å². The van der Waals surface area contributed by atoms with Crippen LogP contribution in [0.1, 0.15) is 12.5 Å². The van der Waals surface area contributed by atoms with Crippen LogP contribution >= 0.6 is 0 Å². The number of hydrogen-bond acceptors (Lipinski definition) is 6. The fraction of sp³-hybridized carbons (Fsp3) is 0.200. The monoisotopic (exact) mass is 396 g/mol. The van der Waals surface area contributed by atoms with Crippen molar-refractivity contribution in [2.24, 2.45) is 0 Å². The van der Waals surface area contributed by atoms with E-state index in [-0.39, 0.29) is 41.2 Å². The third-order valence-electron chi connectivity index (χ3n) is 4.12. The molecule has 0 spiro atoms. The number of pyridine rings is 2. The highest BCUT2D eigenvalue weighted by molar-refractivity contribution is 5.89. The highest BCUT2D eigenvalue weighted by atomic mass is 16.6. The summed E-state index contributed by atoms with van der Waals surface area (Å²) < 4.78 is 6.50. The van der Waals surface area contributed by atoms with Crippen LogP contribution in [0.4, 0.5) is 4.79 Å². The fourth-order valence-corrected chi connectivity index (χ4v) is 2.73. The second-order valence-electron chi connectivity index (χ2n) is 6.27. The Morgan fingerprint density at radius 3 is 2.55 bits per heavy atom. The number of ether oxygens (including phenoxy) is 1. The molecule has 3 rings (SSSR count). The minimum Gasteiger partial charge on any atom is -0.503 e. The van der Waals surface area contributed by atoms with E-state index in [0.717, 1.165) is 5.56 Å². The van der Waals surface area contributed by atoms with Crippen LogP contribution in [0.2, 0.25) is 0 Å². The van der Waals surface area contributed by atoms with Crippen LogP contribution in [-0.4, -0.2) is 39.7 Å². The van der Waals surface area contributed by atoms with Crippen LogP contribution in [0.3, 0.4) is 0 Å². The highest BCUT2D eigenvalue weighted by Gasteiger charge is 2.15. The minimum absolute atomic E-state index is 0.150. The van der Waals surface area contributed by atoms with Crippen molar-refractivity contribution in [3.8, 4) is 11.6 Å². The lowest BCUT2D eigenvalue weighted by molar-refractivity contribution is -0.118. The lowest BCUT2D eigenvalue weighted by Crippen LogP contribution is -2.35. The Kier molecular flexibility index (Phi) is 6.08. The van der Waals surface area contributed by atoms with Gasteiger partial charge < -0.3 is 25.0 Å². The van der Waals surface area contributed by atoms with Gasteiger partial charge in [-0.05, 0) is 11.6 Å². The summed E-state index contributed by atoms with van der Waals surface area (Å²) in [6.07, 6.45) is 1.99. The van der Waals surface area contributed by atoms with Gasteiger partial charge in [-0.3, -0.25) is 9.59 Å². The summed E-state index contributed by atoms with van der Waals surface area (Å²) in [7, 11) is 0. The van der Waals surface area contributed by atoms with E-state index in [2.05, 4.69) is 15.6 Å². The van der Waals surface area contributed by atoms with Gasteiger partial charge in [-0.2, -0.15) is 0 Å². The number of carbonyl (C=O) groups is 2. The number of aromatic nitrogens is 2. The molecule has 0 atom stereocenters. The minimum atomic E-state index is -0.838. The zero-order valence-corrected chi connectivity index (χ0v) is 15.7. The summed E-state index contributed by atoms with van der Waals surface area (Å²) in [5, 5.41) is 15.7. The van der Waals surface area contributed by atoms with E-state index in [0.29, 0.717) is 6.54 Å². The number of benzene rings is 1. The molecule has 0 unspecified atom stereocenters. The Bertz CT molecular complexity index is 1100. The molecule has 0 bridgehead atoms. The summed E-state index contributed by atoms with van der Waals surface area (Å²) >= 11 is 0. The van der Waals surface area contributed by atoms with Crippen LogP contribution in [0.15, 0.2) is 53.6 Å². The van der Waals surface area contributed by atoms with Crippen molar-refractivity contribution >= 4 is 22.8 Å². The first-order valence-electron chi connectivity index (χ1n) is 8.91. The van der Waals surface area contributed by atoms with Crippen molar-refractivity contribution < 1.29 is 19.4 Å². The Morgan fingerprint density at radius 1 is 1.10 bits per heavy atom. The number of fused-ring (bicyclic) bond motifs is 1. The second-order valence-corrected chi connectivity index (χ2v) is 6.27. The lowest BCUT2D eigenvalue weighted by Gasteiger charge is -2.11. The van der Waals surface area contributed by atoms with Crippen molar-refractivity contribution in [1.82, 2.24) is 20.2 Å². The van der Waals surface area contributed by atoms with Crippen LogP contribution in [0.25, 0.3) is 10.8 Å². The normalized spacial score (nSPS) is 10.5. The van der Waals surface area contributed by atoms with Gasteiger partial charge in [0.25, 0.3) is 11.4 Å². The Balaban J connectivity index is 1.76. The molecule has 9 heteroatoms.